The second-order valence-electron chi connectivity index (χ2n) is 7.59. The molecule has 2 heterocycles. The number of aromatic nitrogens is 4. The van der Waals surface area contributed by atoms with E-state index in [1.807, 2.05) is 38.4 Å². The smallest absolute Gasteiger partial charge is 0.236 e. The molecule has 1 unspecified atom stereocenters. The second-order valence-corrected chi connectivity index (χ2v) is 10.6. The van der Waals surface area contributed by atoms with Gasteiger partial charge in [0.05, 0.1) is 21.5 Å². The van der Waals surface area contributed by atoms with Gasteiger partial charge in [0, 0.05) is 23.0 Å². The Morgan fingerprint density at radius 2 is 1.97 bits per heavy atom. The maximum Gasteiger partial charge on any atom is 0.236 e. The summed E-state index contributed by atoms with van der Waals surface area (Å²) in [4.78, 5) is 17.0. The van der Waals surface area contributed by atoms with Crippen LogP contribution < -0.4 is 10.1 Å². The van der Waals surface area contributed by atoms with Crippen molar-refractivity contribution in [2.75, 3.05) is 11.1 Å². The first kappa shape index (κ1) is 25.8. The summed E-state index contributed by atoms with van der Waals surface area (Å²) in [6.07, 6.45) is -0.386. The van der Waals surface area contributed by atoms with Gasteiger partial charge < -0.3 is 14.6 Å². The average molecular weight is 569 g/mol. The van der Waals surface area contributed by atoms with Gasteiger partial charge in [-0.1, -0.05) is 52.6 Å². The van der Waals surface area contributed by atoms with Crippen LogP contribution in [-0.2, 0) is 11.8 Å². The number of thiazole rings is 1. The minimum atomic E-state index is -0.386. The van der Waals surface area contributed by atoms with Gasteiger partial charge in [-0.2, -0.15) is 0 Å². The van der Waals surface area contributed by atoms with Crippen molar-refractivity contribution in [3.8, 4) is 17.0 Å². The number of aryl methyl sites for hydroxylation is 1. The van der Waals surface area contributed by atoms with E-state index in [9.17, 15) is 4.79 Å². The number of carbonyl (C=O) groups is 1. The Morgan fingerprint density at radius 3 is 2.74 bits per heavy atom. The summed E-state index contributed by atoms with van der Waals surface area (Å²) in [6, 6.07) is 10.8. The van der Waals surface area contributed by atoms with E-state index in [0.717, 1.165) is 11.1 Å². The zero-order valence-electron chi connectivity index (χ0n) is 18.9. The number of thioether (sulfide) groups is 1. The fourth-order valence-electron chi connectivity index (χ4n) is 3.19. The largest absolute Gasteiger partial charge is 0.481 e. The molecule has 35 heavy (non-hydrogen) atoms. The van der Waals surface area contributed by atoms with Gasteiger partial charge in [-0.25, -0.2) is 4.98 Å². The van der Waals surface area contributed by atoms with E-state index < -0.39 is 0 Å². The Bertz CT molecular complexity index is 1380. The molecule has 2 aromatic carbocycles. The molecule has 0 saturated carbocycles. The molecule has 4 rings (SSSR count). The van der Waals surface area contributed by atoms with Crippen LogP contribution in [0.4, 0.5) is 5.13 Å². The maximum absolute atomic E-state index is 12.5. The number of ether oxygens (including phenoxy) is 1. The standard InChI is InChI=1S/C23H20Cl3N5O2S2/c1-12-4-7-16(25)19(8-12)33-13(2)21-29-30-23(31(21)3)35-11-20(32)28-22-27-18(10-34-22)15-6-5-14(24)9-17(15)26/h4-10,13H,11H2,1-3H3,(H,27,28,32). The van der Waals surface area contributed by atoms with E-state index in [1.54, 1.807) is 28.8 Å². The van der Waals surface area contributed by atoms with Crippen molar-refractivity contribution in [3.63, 3.8) is 0 Å². The second kappa shape index (κ2) is 11.2. The summed E-state index contributed by atoms with van der Waals surface area (Å²) < 4.78 is 7.80. The molecule has 7 nitrogen and oxygen atoms in total. The molecule has 0 aliphatic heterocycles. The van der Waals surface area contributed by atoms with Crippen LogP contribution in [0.3, 0.4) is 0 Å². The monoisotopic (exact) mass is 567 g/mol. The van der Waals surface area contributed by atoms with Crippen molar-refractivity contribution in [1.29, 1.82) is 0 Å². The SMILES string of the molecule is Cc1ccc(Cl)c(OC(C)c2nnc(SCC(=O)Nc3nc(-c4ccc(Cl)cc4Cl)cs3)n2C)c1. The fraction of sp³-hybridized carbons (Fsp3) is 0.217. The van der Waals surface area contributed by atoms with Crippen LogP contribution in [0.15, 0.2) is 46.9 Å². The first-order valence-electron chi connectivity index (χ1n) is 10.4. The maximum atomic E-state index is 12.5. The molecule has 1 amide bonds. The normalized spacial score (nSPS) is 11.9. The molecule has 0 aliphatic carbocycles. The molecule has 12 heteroatoms. The molecule has 0 spiro atoms. The van der Waals surface area contributed by atoms with Gasteiger partial charge in [0.25, 0.3) is 0 Å². The summed E-state index contributed by atoms with van der Waals surface area (Å²) in [5.74, 6) is 1.13. The number of nitrogens with one attached hydrogen (secondary N) is 1. The lowest BCUT2D eigenvalue weighted by molar-refractivity contribution is -0.113. The Balaban J connectivity index is 1.35. The average Bonchev–Trinajstić information content (AvgIpc) is 3.41. The molecular formula is C23H20Cl3N5O2S2. The predicted octanol–water partition coefficient (Wildman–Crippen LogP) is 7.08. The van der Waals surface area contributed by atoms with Crippen molar-refractivity contribution in [2.24, 2.45) is 7.05 Å². The summed E-state index contributed by atoms with van der Waals surface area (Å²) >= 11 is 21.0. The minimum Gasteiger partial charge on any atom is -0.481 e. The molecular weight excluding hydrogens is 549 g/mol. The Hall–Kier alpha value is -2.30. The molecule has 1 atom stereocenters. The summed E-state index contributed by atoms with van der Waals surface area (Å²) in [5, 5.41) is 15.7. The van der Waals surface area contributed by atoms with E-state index in [2.05, 4.69) is 20.5 Å². The Morgan fingerprint density at radius 1 is 1.17 bits per heavy atom. The number of nitrogens with zero attached hydrogens (tertiary/aromatic N) is 4. The highest BCUT2D eigenvalue weighted by Gasteiger charge is 2.19. The van der Waals surface area contributed by atoms with Gasteiger partial charge in [-0.05, 0) is 49.7 Å². The van der Waals surface area contributed by atoms with Crippen molar-refractivity contribution >= 4 is 68.9 Å². The summed E-state index contributed by atoms with van der Waals surface area (Å²) in [5.41, 5.74) is 2.46. The van der Waals surface area contributed by atoms with Gasteiger partial charge in [0.1, 0.15) is 5.75 Å². The number of rotatable bonds is 8. The quantitative estimate of drug-likeness (QED) is 0.229. The number of halogens is 3. The van der Waals surface area contributed by atoms with Gasteiger partial charge in [-0.15, -0.1) is 21.5 Å². The van der Waals surface area contributed by atoms with Crippen LogP contribution in [0.1, 0.15) is 24.4 Å². The number of carbonyl (C=O) groups excluding carboxylic acids is 1. The molecule has 2 aromatic heterocycles. The minimum absolute atomic E-state index is 0.140. The first-order chi connectivity index (χ1) is 16.7. The van der Waals surface area contributed by atoms with Crippen LogP contribution >= 0.6 is 57.9 Å². The lowest BCUT2D eigenvalue weighted by atomic mass is 10.2. The number of benzene rings is 2. The van der Waals surface area contributed by atoms with Gasteiger partial charge in [-0.3, -0.25) is 4.79 Å². The van der Waals surface area contributed by atoms with E-state index in [0.29, 0.717) is 42.6 Å². The molecule has 4 aromatic rings. The van der Waals surface area contributed by atoms with Gasteiger partial charge in [0.2, 0.25) is 5.91 Å². The highest BCUT2D eigenvalue weighted by atomic mass is 35.5. The van der Waals surface area contributed by atoms with Crippen LogP contribution in [0, 0.1) is 6.92 Å². The number of hydrogen-bond donors (Lipinski definition) is 1. The van der Waals surface area contributed by atoms with E-state index in [-0.39, 0.29) is 17.8 Å². The highest BCUT2D eigenvalue weighted by Crippen LogP contribution is 2.33. The van der Waals surface area contributed by atoms with Crippen LogP contribution in [0.25, 0.3) is 11.3 Å². The Labute approximate surface area is 225 Å². The van der Waals surface area contributed by atoms with Crippen molar-refractivity contribution in [3.05, 3.63) is 68.2 Å². The molecule has 0 aliphatic rings. The number of anilines is 1. The third kappa shape index (κ3) is 6.29. The van der Waals surface area contributed by atoms with E-state index >= 15 is 0 Å². The third-order valence-electron chi connectivity index (χ3n) is 4.91. The third-order valence-corrected chi connectivity index (χ3v) is 7.55. The zero-order chi connectivity index (χ0) is 25.1. The fourth-order valence-corrected chi connectivity index (χ4v) is 5.30. The zero-order valence-corrected chi connectivity index (χ0v) is 22.8. The Kier molecular flexibility index (Phi) is 8.23. The van der Waals surface area contributed by atoms with Gasteiger partial charge in [0.15, 0.2) is 22.2 Å². The highest BCUT2D eigenvalue weighted by molar-refractivity contribution is 7.99. The first-order valence-corrected chi connectivity index (χ1v) is 13.4. The molecule has 0 radical (unpaired) electrons. The number of hydrogen-bond acceptors (Lipinski definition) is 7. The molecule has 1 N–H and O–H groups in total. The van der Waals surface area contributed by atoms with Crippen LogP contribution in [0.2, 0.25) is 15.1 Å². The van der Waals surface area contributed by atoms with Crippen molar-refractivity contribution < 1.29 is 9.53 Å². The molecule has 0 saturated heterocycles. The predicted molar refractivity (Wildman–Crippen MR) is 143 cm³/mol. The molecule has 182 valence electrons. The number of amides is 1. The van der Waals surface area contributed by atoms with E-state index in [1.165, 1.54) is 23.1 Å². The lowest BCUT2D eigenvalue weighted by Gasteiger charge is -2.15. The van der Waals surface area contributed by atoms with Gasteiger partial charge >= 0.3 is 0 Å². The summed E-state index contributed by atoms with van der Waals surface area (Å²) in [7, 11) is 1.83. The van der Waals surface area contributed by atoms with Crippen LogP contribution in [0.5, 0.6) is 5.75 Å². The van der Waals surface area contributed by atoms with E-state index in [4.69, 9.17) is 39.5 Å². The lowest BCUT2D eigenvalue weighted by Crippen LogP contribution is -2.14. The van der Waals surface area contributed by atoms with Crippen molar-refractivity contribution in [2.45, 2.75) is 25.1 Å². The topological polar surface area (TPSA) is 81.9 Å². The summed E-state index contributed by atoms with van der Waals surface area (Å²) in [6.45, 7) is 3.84. The molecule has 0 fully saturated rings. The molecule has 0 bridgehead atoms. The van der Waals surface area contributed by atoms with Crippen LogP contribution in [-0.4, -0.2) is 31.4 Å². The van der Waals surface area contributed by atoms with Crippen molar-refractivity contribution in [1.82, 2.24) is 19.7 Å².